The van der Waals surface area contributed by atoms with Crippen LogP contribution < -0.4 is 0 Å². The molecule has 0 fully saturated rings. The molecule has 2 aliphatic rings. The van der Waals surface area contributed by atoms with Gasteiger partial charge in [0, 0.05) is 0 Å². The largest absolute Gasteiger partial charge is 2.00 e. The summed E-state index contributed by atoms with van der Waals surface area (Å²) >= 11 is 0. The molecule has 0 aliphatic heterocycles. The van der Waals surface area contributed by atoms with Crippen LogP contribution in [-0.2, 0) is 39.0 Å². The van der Waals surface area contributed by atoms with Crippen molar-refractivity contribution in [1.29, 1.82) is 0 Å². The SMILES string of the molecule is CCc1ccccc1O.CCc1ccccc1O.[C-]1=CC=CC1.[C-]1=CC=CC1.[Zr+2]. The predicted molar refractivity (Wildman–Crippen MR) is 118 cm³/mol. The Morgan fingerprint density at radius 3 is 1.24 bits per heavy atom. The summed E-state index contributed by atoms with van der Waals surface area (Å²) < 4.78 is 0. The molecule has 0 spiro atoms. The van der Waals surface area contributed by atoms with Crippen molar-refractivity contribution in [1.82, 2.24) is 0 Å². The normalized spacial score (nSPS) is 11.9. The molecule has 2 aromatic carbocycles. The Morgan fingerprint density at radius 1 is 0.690 bits per heavy atom. The summed E-state index contributed by atoms with van der Waals surface area (Å²) in [6, 6.07) is 14.8. The second kappa shape index (κ2) is 17.9. The number of hydrogen-bond acceptors (Lipinski definition) is 2. The second-order valence-corrected chi connectivity index (χ2v) is 5.97. The van der Waals surface area contributed by atoms with Gasteiger partial charge in [-0.2, -0.15) is 12.2 Å². The Balaban J connectivity index is 0.000000369. The van der Waals surface area contributed by atoms with Crippen molar-refractivity contribution in [3.05, 3.63) is 108 Å². The molecule has 0 unspecified atom stereocenters. The Kier molecular flexibility index (Phi) is 16.6. The fraction of sp³-hybridized carbons (Fsp3) is 0.231. The molecule has 0 atom stereocenters. The molecule has 2 aliphatic carbocycles. The van der Waals surface area contributed by atoms with Crippen LogP contribution in [0.25, 0.3) is 0 Å². The molecule has 0 saturated carbocycles. The van der Waals surface area contributed by atoms with Crippen LogP contribution in [0.2, 0.25) is 0 Å². The average molecular weight is 466 g/mol. The van der Waals surface area contributed by atoms with Crippen LogP contribution in [0.15, 0.2) is 85.0 Å². The molecule has 2 aromatic rings. The number of allylic oxidation sites excluding steroid dienone is 8. The van der Waals surface area contributed by atoms with Gasteiger partial charge in [-0.15, -0.1) is 12.8 Å². The van der Waals surface area contributed by atoms with Crippen molar-refractivity contribution in [2.24, 2.45) is 0 Å². The van der Waals surface area contributed by atoms with E-state index in [2.05, 4.69) is 24.3 Å². The third-order valence-electron chi connectivity index (χ3n) is 3.92. The molecule has 4 rings (SSSR count). The number of aromatic hydroxyl groups is 2. The van der Waals surface area contributed by atoms with Gasteiger partial charge in [-0.05, 0) is 36.1 Å². The molecule has 0 saturated heterocycles. The first kappa shape index (κ1) is 26.9. The third kappa shape index (κ3) is 12.9. The van der Waals surface area contributed by atoms with Crippen molar-refractivity contribution in [3.8, 4) is 11.5 Å². The number of para-hydroxylation sites is 2. The van der Waals surface area contributed by atoms with Gasteiger partial charge in [0.25, 0.3) is 0 Å². The van der Waals surface area contributed by atoms with Gasteiger partial charge in [0.2, 0.25) is 0 Å². The maximum atomic E-state index is 9.11. The minimum absolute atomic E-state index is 0. The first-order valence-corrected chi connectivity index (χ1v) is 9.66. The van der Waals surface area contributed by atoms with Gasteiger partial charge >= 0.3 is 26.2 Å². The van der Waals surface area contributed by atoms with Crippen LogP contribution in [0.3, 0.4) is 0 Å². The van der Waals surface area contributed by atoms with E-state index in [1.54, 1.807) is 12.1 Å². The summed E-state index contributed by atoms with van der Waals surface area (Å²) in [5.41, 5.74) is 2.02. The first-order valence-electron chi connectivity index (χ1n) is 9.66. The molecule has 2 nitrogen and oxygen atoms in total. The van der Waals surface area contributed by atoms with Crippen molar-refractivity contribution in [2.75, 3.05) is 0 Å². The van der Waals surface area contributed by atoms with Crippen LogP contribution in [0.4, 0.5) is 0 Å². The van der Waals surface area contributed by atoms with E-state index in [1.807, 2.05) is 74.5 Å². The molecular formula is C26H30O2Zr. The zero-order valence-corrected chi connectivity index (χ0v) is 19.8. The van der Waals surface area contributed by atoms with Gasteiger partial charge in [-0.25, -0.2) is 24.3 Å². The molecule has 150 valence electrons. The van der Waals surface area contributed by atoms with Crippen molar-refractivity contribution in [3.63, 3.8) is 0 Å². The topological polar surface area (TPSA) is 40.5 Å². The summed E-state index contributed by atoms with van der Waals surface area (Å²) in [6.07, 6.45) is 21.8. The summed E-state index contributed by atoms with van der Waals surface area (Å²) in [6.45, 7) is 4.05. The molecule has 0 heterocycles. The van der Waals surface area contributed by atoms with E-state index < -0.39 is 0 Å². The summed E-state index contributed by atoms with van der Waals surface area (Å²) in [5, 5.41) is 18.2. The van der Waals surface area contributed by atoms with E-state index in [-0.39, 0.29) is 26.2 Å². The van der Waals surface area contributed by atoms with Crippen molar-refractivity contribution in [2.45, 2.75) is 39.5 Å². The van der Waals surface area contributed by atoms with Crippen LogP contribution in [0, 0.1) is 12.2 Å². The number of rotatable bonds is 2. The molecule has 2 N–H and O–H groups in total. The van der Waals surface area contributed by atoms with Gasteiger partial charge in [-0.1, -0.05) is 50.2 Å². The maximum Gasteiger partial charge on any atom is 2.00 e. The Labute approximate surface area is 195 Å². The van der Waals surface area contributed by atoms with E-state index >= 15 is 0 Å². The van der Waals surface area contributed by atoms with E-state index in [1.165, 1.54) is 0 Å². The average Bonchev–Trinajstić information content (AvgIpc) is 3.48. The first-order chi connectivity index (χ1) is 13.7. The van der Waals surface area contributed by atoms with E-state index in [0.717, 1.165) is 36.8 Å². The van der Waals surface area contributed by atoms with Crippen LogP contribution in [0.1, 0.15) is 37.8 Å². The number of hydrogen-bond donors (Lipinski definition) is 2. The summed E-state index contributed by atoms with van der Waals surface area (Å²) in [4.78, 5) is 0. The van der Waals surface area contributed by atoms with Gasteiger partial charge in [0.1, 0.15) is 11.5 Å². The minimum atomic E-state index is 0. The number of benzene rings is 2. The van der Waals surface area contributed by atoms with Crippen molar-refractivity contribution < 1.29 is 36.4 Å². The Hall–Kier alpha value is -2.12. The zero-order valence-electron chi connectivity index (χ0n) is 17.3. The standard InChI is InChI=1S/2C8H10O.2C5H5.Zr/c2*1-2-7-5-3-4-6-8(7)9;2*1-2-4-5-3-1;/h2*3-6,9H,2H2,1H3;2*1-3H,4H2;/q;;2*-1;+2. The van der Waals surface area contributed by atoms with Gasteiger partial charge in [0.05, 0.1) is 0 Å². The second-order valence-electron chi connectivity index (χ2n) is 5.97. The molecule has 0 bridgehead atoms. The van der Waals surface area contributed by atoms with E-state index in [9.17, 15) is 0 Å². The minimum Gasteiger partial charge on any atom is -0.508 e. The summed E-state index contributed by atoms with van der Waals surface area (Å²) in [5.74, 6) is 0.806. The zero-order chi connectivity index (χ0) is 20.5. The smallest absolute Gasteiger partial charge is 0.508 e. The van der Waals surface area contributed by atoms with E-state index in [0.29, 0.717) is 11.5 Å². The predicted octanol–water partition coefficient (Wildman–Crippen LogP) is 6.52. The fourth-order valence-electron chi connectivity index (χ4n) is 2.30. The third-order valence-corrected chi connectivity index (χ3v) is 3.92. The van der Waals surface area contributed by atoms with Gasteiger partial charge in [0.15, 0.2) is 0 Å². The Morgan fingerprint density at radius 2 is 1.07 bits per heavy atom. The molecule has 0 amide bonds. The quantitative estimate of drug-likeness (QED) is 0.496. The van der Waals surface area contributed by atoms with Crippen LogP contribution in [0.5, 0.6) is 11.5 Å². The van der Waals surface area contributed by atoms with Gasteiger partial charge < -0.3 is 10.2 Å². The Bertz CT molecular complexity index is 701. The fourth-order valence-corrected chi connectivity index (χ4v) is 2.30. The van der Waals surface area contributed by atoms with E-state index in [4.69, 9.17) is 10.2 Å². The number of aryl methyl sites for hydroxylation is 2. The molecule has 3 heteroatoms. The van der Waals surface area contributed by atoms with Crippen molar-refractivity contribution >= 4 is 0 Å². The van der Waals surface area contributed by atoms with Crippen LogP contribution >= 0.6 is 0 Å². The summed E-state index contributed by atoms with van der Waals surface area (Å²) in [7, 11) is 0. The molecule has 0 radical (unpaired) electrons. The van der Waals surface area contributed by atoms with Crippen LogP contribution in [-0.4, -0.2) is 10.2 Å². The number of phenols is 2. The number of phenolic OH excluding ortho intramolecular Hbond substituents is 2. The molecule has 29 heavy (non-hydrogen) atoms. The van der Waals surface area contributed by atoms with Gasteiger partial charge in [-0.3, -0.25) is 12.2 Å². The maximum absolute atomic E-state index is 9.11. The molecule has 0 aromatic heterocycles. The molecular weight excluding hydrogens is 436 g/mol. The monoisotopic (exact) mass is 464 g/mol.